The lowest BCUT2D eigenvalue weighted by molar-refractivity contribution is -0.387. The zero-order valence-electron chi connectivity index (χ0n) is 12.1. The first-order chi connectivity index (χ1) is 10.9. The van der Waals surface area contributed by atoms with Gasteiger partial charge in [-0.05, 0) is 30.5 Å². The molecule has 6 nitrogen and oxygen atoms in total. The summed E-state index contributed by atoms with van der Waals surface area (Å²) in [6.45, 7) is 0.166. The molecule has 0 unspecified atom stereocenters. The van der Waals surface area contributed by atoms with Gasteiger partial charge in [0.1, 0.15) is 0 Å². The van der Waals surface area contributed by atoms with Gasteiger partial charge in [0.2, 0.25) is 10.0 Å². The van der Waals surface area contributed by atoms with Crippen LogP contribution in [0.1, 0.15) is 12.0 Å². The van der Waals surface area contributed by atoms with Crippen LogP contribution in [0.3, 0.4) is 0 Å². The summed E-state index contributed by atoms with van der Waals surface area (Å²) in [5.74, 6) is 0. The molecule has 0 saturated heterocycles. The van der Waals surface area contributed by atoms with Crippen molar-refractivity contribution in [2.24, 2.45) is 0 Å². The summed E-state index contributed by atoms with van der Waals surface area (Å²) in [5.41, 5.74) is 0.491. The first kappa shape index (κ1) is 17.4. The smallest absolute Gasteiger partial charge is 0.258 e. The van der Waals surface area contributed by atoms with Gasteiger partial charge in [0, 0.05) is 17.6 Å². The lowest BCUT2D eigenvalue weighted by Crippen LogP contribution is -2.25. The van der Waals surface area contributed by atoms with Crippen LogP contribution in [0.5, 0.6) is 0 Å². The fourth-order valence-electron chi connectivity index (χ4n) is 2.10. The number of nitro benzene ring substituents is 1. The lowest BCUT2D eigenvalue weighted by atomic mass is 10.1. The summed E-state index contributed by atoms with van der Waals surface area (Å²) in [6.07, 6.45) is 1.14. The fourth-order valence-corrected chi connectivity index (χ4v) is 3.57. The van der Waals surface area contributed by atoms with Crippen molar-refractivity contribution in [1.29, 1.82) is 0 Å². The van der Waals surface area contributed by atoms with Gasteiger partial charge in [-0.15, -0.1) is 0 Å². The Morgan fingerprint density at radius 3 is 2.43 bits per heavy atom. The van der Waals surface area contributed by atoms with Gasteiger partial charge in [-0.1, -0.05) is 41.9 Å². The van der Waals surface area contributed by atoms with Crippen LogP contribution in [0.4, 0.5) is 5.69 Å². The third-order valence-corrected chi connectivity index (χ3v) is 5.10. The van der Waals surface area contributed by atoms with E-state index >= 15 is 0 Å². The van der Waals surface area contributed by atoms with E-state index in [4.69, 9.17) is 11.6 Å². The van der Waals surface area contributed by atoms with E-state index in [1.54, 1.807) is 6.07 Å². The van der Waals surface area contributed by atoms with Crippen LogP contribution in [0.25, 0.3) is 0 Å². The number of aryl methyl sites for hydroxylation is 1. The zero-order chi connectivity index (χ0) is 16.9. The number of para-hydroxylation sites is 1. The normalized spacial score (nSPS) is 11.3. The van der Waals surface area contributed by atoms with Gasteiger partial charge in [0.15, 0.2) is 4.90 Å². The number of halogens is 1. The highest BCUT2D eigenvalue weighted by Gasteiger charge is 2.24. The second-order valence-electron chi connectivity index (χ2n) is 4.82. The van der Waals surface area contributed by atoms with Crippen LogP contribution in [0, 0.1) is 10.1 Å². The second-order valence-corrected chi connectivity index (χ2v) is 6.96. The molecule has 1 N–H and O–H groups in total. The van der Waals surface area contributed by atoms with Crippen LogP contribution >= 0.6 is 11.6 Å². The molecule has 2 aromatic rings. The van der Waals surface area contributed by atoms with E-state index in [2.05, 4.69) is 4.72 Å². The molecular formula is C15H15ClN2O4S. The summed E-state index contributed by atoms with van der Waals surface area (Å²) in [5, 5.41) is 11.6. The minimum absolute atomic E-state index is 0.166. The summed E-state index contributed by atoms with van der Waals surface area (Å²) in [7, 11) is -3.93. The van der Waals surface area contributed by atoms with Crippen molar-refractivity contribution >= 4 is 27.3 Å². The Morgan fingerprint density at radius 2 is 1.74 bits per heavy atom. The quantitative estimate of drug-likeness (QED) is 0.470. The highest BCUT2D eigenvalue weighted by Crippen LogP contribution is 2.22. The Hall–Kier alpha value is -1.96. The molecule has 0 radical (unpaired) electrons. The van der Waals surface area contributed by atoms with E-state index in [0.29, 0.717) is 17.9 Å². The average molecular weight is 355 g/mol. The maximum absolute atomic E-state index is 12.2. The Labute approximate surface area is 139 Å². The minimum atomic E-state index is -3.93. The van der Waals surface area contributed by atoms with Gasteiger partial charge in [-0.2, -0.15) is 0 Å². The van der Waals surface area contributed by atoms with E-state index < -0.39 is 20.6 Å². The number of nitrogens with zero attached hydrogens (tertiary/aromatic N) is 1. The lowest BCUT2D eigenvalue weighted by Gasteiger charge is -2.08. The van der Waals surface area contributed by atoms with Gasteiger partial charge in [0.25, 0.3) is 5.69 Å². The monoisotopic (exact) mass is 354 g/mol. The van der Waals surface area contributed by atoms with Gasteiger partial charge < -0.3 is 0 Å². The molecule has 0 heterocycles. The van der Waals surface area contributed by atoms with E-state index in [0.717, 1.165) is 11.6 Å². The van der Waals surface area contributed by atoms with Crippen molar-refractivity contribution in [3.63, 3.8) is 0 Å². The van der Waals surface area contributed by atoms with Crippen molar-refractivity contribution in [3.8, 4) is 0 Å². The largest absolute Gasteiger partial charge is 0.289 e. The van der Waals surface area contributed by atoms with Crippen LogP contribution in [0.2, 0.25) is 5.02 Å². The van der Waals surface area contributed by atoms with Gasteiger partial charge in [-0.25, -0.2) is 13.1 Å². The van der Waals surface area contributed by atoms with Crippen LogP contribution in [-0.4, -0.2) is 19.9 Å². The van der Waals surface area contributed by atoms with E-state index in [9.17, 15) is 18.5 Å². The number of nitro groups is 1. The second kappa shape index (κ2) is 7.54. The van der Waals surface area contributed by atoms with E-state index in [1.165, 1.54) is 18.2 Å². The highest BCUT2D eigenvalue weighted by molar-refractivity contribution is 7.89. The third kappa shape index (κ3) is 4.51. The number of hydrogen-bond donors (Lipinski definition) is 1. The predicted octanol–water partition coefficient (Wildman–Crippen LogP) is 3.16. The molecule has 0 bridgehead atoms. The number of benzene rings is 2. The first-order valence-electron chi connectivity index (χ1n) is 6.88. The van der Waals surface area contributed by atoms with Crippen molar-refractivity contribution < 1.29 is 13.3 Å². The standard InChI is InChI=1S/C15H15ClN2O4S/c16-13-8-2-1-6-12(13)7-5-11-17-23(21,22)15-10-4-3-9-14(15)18(19)20/h1-4,6,8-10,17H,5,7,11H2. The summed E-state index contributed by atoms with van der Waals surface area (Å²) < 4.78 is 26.8. The summed E-state index contributed by atoms with van der Waals surface area (Å²) in [6, 6.07) is 12.6. The third-order valence-electron chi connectivity index (χ3n) is 3.22. The molecule has 0 fully saturated rings. The molecule has 0 amide bonds. The number of rotatable bonds is 7. The molecule has 23 heavy (non-hydrogen) atoms. The molecule has 2 aromatic carbocycles. The minimum Gasteiger partial charge on any atom is -0.258 e. The molecule has 0 spiro atoms. The van der Waals surface area contributed by atoms with Crippen molar-refractivity contribution in [3.05, 3.63) is 69.2 Å². The van der Waals surface area contributed by atoms with Crippen molar-refractivity contribution in [2.75, 3.05) is 6.54 Å². The molecule has 0 aromatic heterocycles. The maximum atomic E-state index is 12.2. The van der Waals surface area contributed by atoms with Crippen molar-refractivity contribution in [1.82, 2.24) is 4.72 Å². The first-order valence-corrected chi connectivity index (χ1v) is 8.74. The summed E-state index contributed by atoms with van der Waals surface area (Å²) >= 11 is 6.03. The molecule has 0 saturated carbocycles. The van der Waals surface area contributed by atoms with Crippen LogP contribution in [0.15, 0.2) is 53.4 Å². The van der Waals surface area contributed by atoms with E-state index in [1.807, 2.05) is 18.2 Å². The van der Waals surface area contributed by atoms with Crippen LogP contribution in [-0.2, 0) is 16.4 Å². The molecule has 2 rings (SSSR count). The molecule has 0 aliphatic carbocycles. The van der Waals surface area contributed by atoms with Gasteiger partial charge in [-0.3, -0.25) is 10.1 Å². The molecule has 0 aliphatic rings. The molecule has 0 atom stereocenters. The Morgan fingerprint density at radius 1 is 1.09 bits per heavy atom. The number of nitrogens with one attached hydrogen (secondary N) is 1. The maximum Gasteiger partial charge on any atom is 0.289 e. The predicted molar refractivity (Wildman–Crippen MR) is 88.1 cm³/mol. The molecule has 122 valence electrons. The fraction of sp³-hybridized carbons (Fsp3) is 0.200. The molecule has 8 heteroatoms. The SMILES string of the molecule is O=[N+]([O-])c1ccccc1S(=O)(=O)NCCCc1ccccc1Cl. The zero-order valence-corrected chi connectivity index (χ0v) is 13.7. The van der Waals surface area contributed by atoms with Gasteiger partial charge >= 0.3 is 0 Å². The average Bonchev–Trinajstić information content (AvgIpc) is 2.53. The summed E-state index contributed by atoms with van der Waals surface area (Å²) in [4.78, 5) is 9.88. The Balaban J connectivity index is 2.00. The Kier molecular flexibility index (Phi) is 5.70. The molecule has 0 aliphatic heterocycles. The van der Waals surface area contributed by atoms with Crippen molar-refractivity contribution in [2.45, 2.75) is 17.7 Å². The number of hydrogen-bond acceptors (Lipinski definition) is 4. The topological polar surface area (TPSA) is 89.3 Å². The van der Waals surface area contributed by atoms with E-state index in [-0.39, 0.29) is 11.4 Å². The van der Waals surface area contributed by atoms with Gasteiger partial charge in [0.05, 0.1) is 4.92 Å². The Bertz CT molecular complexity index is 809. The van der Waals surface area contributed by atoms with Crippen LogP contribution < -0.4 is 4.72 Å². The molecular weight excluding hydrogens is 340 g/mol. The highest BCUT2D eigenvalue weighted by atomic mass is 35.5. The number of sulfonamides is 1.